The predicted octanol–water partition coefficient (Wildman–Crippen LogP) is 2.31. The van der Waals surface area contributed by atoms with E-state index in [2.05, 4.69) is 24.3 Å². The molecule has 0 unspecified atom stereocenters. The van der Waals surface area contributed by atoms with Gasteiger partial charge < -0.3 is 0 Å². The van der Waals surface area contributed by atoms with Crippen molar-refractivity contribution in [1.29, 1.82) is 0 Å². The first kappa shape index (κ1) is 16.7. The summed E-state index contributed by atoms with van der Waals surface area (Å²) in [6, 6.07) is 6.80. The first-order chi connectivity index (χ1) is 14.5. The lowest BCUT2D eigenvalue weighted by atomic mass is 9.85. The maximum Gasteiger partial charge on any atom is 0.238 e. The third-order valence-electron chi connectivity index (χ3n) is 8.29. The van der Waals surface area contributed by atoms with Gasteiger partial charge in [0, 0.05) is 0 Å². The molecule has 8 atom stereocenters. The highest BCUT2D eigenvalue weighted by molar-refractivity contribution is 6.25. The summed E-state index contributed by atoms with van der Waals surface area (Å²) >= 11 is 0. The molecule has 6 heteroatoms. The Balaban J connectivity index is 1.24. The number of imide groups is 2. The number of hydrogen-bond donors (Lipinski definition) is 0. The van der Waals surface area contributed by atoms with Gasteiger partial charge in [-0.1, -0.05) is 30.4 Å². The average Bonchev–Trinajstić information content (AvgIpc) is 3.55. The van der Waals surface area contributed by atoms with Gasteiger partial charge >= 0.3 is 0 Å². The number of carbonyl (C=O) groups is 4. The molecule has 2 aliphatic heterocycles. The normalized spacial score (nSPS) is 42.3. The number of carbonyl (C=O) groups excluding carboxylic acids is 4. The molecule has 2 heterocycles. The molecule has 0 aromatic heterocycles. The van der Waals surface area contributed by atoms with Gasteiger partial charge in [-0.25, -0.2) is 9.80 Å². The zero-order chi connectivity index (χ0) is 20.3. The second kappa shape index (κ2) is 5.36. The molecule has 4 fully saturated rings. The number of fused-ring (bicyclic) bond motifs is 10. The van der Waals surface area contributed by atoms with Gasteiger partial charge in [0.25, 0.3) is 0 Å². The Morgan fingerprint density at radius 3 is 1.23 bits per heavy atom. The van der Waals surface area contributed by atoms with Crippen molar-refractivity contribution in [3.63, 3.8) is 0 Å². The molecule has 7 rings (SSSR count). The van der Waals surface area contributed by atoms with E-state index < -0.39 is 0 Å². The molecule has 4 aliphatic carbocycles. The zero-order valence-corrected chi connectivity index (χ0v) is 16.2. The summed E-state index contributed by atoms with van der Waals surface area (Å²) in [4.78, 5) is 55.0. The summed E-state index contributed by atoms with van der Waals surface area (Å²) in [5, 5.41) is 0. The van der Waals surface area contributed by atoms with E-state index in [1.165, 1.54) is 9.80 Å². The van der Waals surface area contributed by atoms with E-state index in [1.807, 2.05) is 0 Å². The minimum atomic E-state index is -0.271. The van der Waals surface area contributed by atoms with Crippen LogP contribution in [0.3, 0.4) is 0 Å². The highest BCUT2D eigenvalue weighted by atomic mass is 16.2. The van der Waals surface area contributed by atoms with E-state index >= 15 is 0 Å². The molecule has 0 radical (unpaired) electrons. The van der Waals surface area contributed by atoms with Gasteiger partial charge in [-0.05, 0) is 54.7 Å². The summed E-state index contributed by atoms with van der Waals surface area (Å²) < 4.78 is 0. The number of allylic oxidation sites excluding steroid dienone is 4. The van der Waals surface area contributed by atoms with Crippen LogP contribution in [0.1, 0.15) is 12.8 Å². The van der Waals surface area contributed by atoms with Crippen molar-refractivity contribution in [2.75, 3.05) is 9.80 Å². The molecule has 0 spiro atoms. The Kier molecular flexibility index (Phi) is 2.99. The van der Waals surface area contributed by atoms with Crippen molar-refractivity contribution in [3.05, 3.63) is 48.6 Å². The largest absolute Gasteiger partial charge is 0.274 e. The maximum absolute atomic E-state index is 13.1. The molecule has 30 heavy (non-hydrogen) atoms. The fourth-order valence-electron chi connectivity index (χ4n) is 7.08. The SMILES string of the molecule is O=C1[C@@H]2[C@@H](C(=O)N1c1cccc(N3C(=O)[C@@H]4[C@H](C3=O)[C@@H]3C=C[C@H]4C3)c1)[C@H]1C=C[C@H]2C1. The van der Waals surface area contributed by atoms with Gasteiger partial charge in [-0.3, -0.25) is 19.2 Å². The Labute approximate surface area is 173 Å². The quantitative estimate of drug-likeness (QED) is 0.564. The minimum absolute atomic E-state index is 0.147. The molecule has 6 nitrogen and oxygen atoms in total. The number of amides is 4. The summed E-state index contributed by atoms with van der Waals surface area (Å²) in [5.74, 6) is -1.12. The molecular formula is C24H20N2O4. The molecule has 1 aromatic carbocycles. The van der Waals surface area contributed by atoms with Crippen LogP contribution in [0.25, 0.3) is 0 Å². The van der Waals surface area contributed by atoms with E-state index in [9.17, 15) is 19.2 Å². The van der Waals surface area contributed by atoms with Gasteiger partial charge in [0.05, 0.1) is 35.0 Å². The Morgan fingerprint density at radius 2 is 0.900 bits per heavy atom. The van der Waals surface area contributed by atoms with Gasteiger partial charge in [0.1, 0.15) is 0 Å². The van der Waals surface area contributed by atoms with Crippen molar-refractivity contribution < 1.29 is 19.2 Å². The maximum atomic E-state index is 13.1. The van der Waals surface area contributed by atoms with Gasteiger partial charge in [-0.2, -0.15) is 0 Å². The van der Waals surface area contributed by atoms with E-state index in [-0.39, 0.29) is 71.0 Å². The van der Waals surface area contributed by atoms with Crippen molar-refractivity contribution >= 4 is 35.0 Å². The zero-order valence-electron chi connectivity index (χ0n) is 16.2. The van der Waals surface area contributed by atoms with E-state index in [0.717, 1.165) is 12.8 Å². The smallest absolute Gasteiger partial charge is 0.238 e. The van der Waals surface area contributed by atoms with Crippen LogP contribution >= 0.6 is 0 Å². The highest BCUT2D eigenvalue weighted by Crippen LogP contribution is 2.55. The lowest BCUT2D eigenvalue weighted by Gasteiger charge is -2.21. The fraction of sp³-hybridized carbons (Fsp3) is 0.417. The summed E-state index contributed by atoms with van der Waals surface area (Å²) in [7, 11) is 0. The van der Waals surface area contributed by atoms with E-state index in [0.29, 0.717) is 11.4 Å². The van der Waals surface area contributed by atoms with Crippen LogP contribution in [0.4, 0.5) is 11.4 Å². The number of anilines is 2. The van der Waals surface area contributed by atoms with Crippen LogP contribution < -0.4 is 9.80 Å². The summed E-state index contributed by atoms with van der Waals surface area (Å²) in [5.41, 5.74) is 0.908. The lowest BCUT2D eigenvalue weighted by Crippen LogP contribution is -2.34. The predicted molar refractivity (Wildman–Crippen MR) is 107 cm³/mol. The van der Waals surface area contributed by atoms with Crippen molar-refractivity contribution in [1.82, 2.24) is 0 Å². The molecule has 2 saturated carbocycles. The minimum Gasteiger partial charge on any atom is -0.274 e. The highest BCUT2D eigenvalue weighted by Gasteiger charge is 2.61. The first-order valence-corrected chi connectivity index (χ1v) is 10.8. The number of rotatable bonds is 2. The Bertz CT molecular complexity index is 977. The van der Waals surface area contributed by atoms with Gasteiger partial charge in [-0.15, -0.1) is 0 Å². The summed E-state index contributed by atoms with van der Waals surface area (Å²) in [6.07, 6.45) is 10.0. The van der Waals surface area contributed by atoms with E-state index in [4.69, 9.17) is 0 Å². The van der Waals surface area contributed by atoms with Crippen LogP contribution in [-0.4, -0.2) is 23.6 Å². The number of hydrogen-bond acceptors (Lipinski definition) is 4. The second-order valence-electron chi connectivity index (χ2n) is 9.54. The molecule has 150 valence electrons. The second-order valence-corrected chi connectivity index (χ2v) is 9.54. The molecular weight excluding hydrogens is 380 g/mol. The third-order valence-corrected chi connectivity index (χ3v) is 8.29. The first-order valence-electron chi connectivity index (χ1n) is 10.8. The third kappa shape index (κ3) is 1.81. The van der Waals surface area contributed by atoms with Crippen LogP contribution in [0.15, 0.2) is 48.6 Å². The monoisotopic (exact) mass is 400 g/mol. The molecule has 6 aliphatic rings. The van der Waals surface area contributed by atoms with Crippen molar-refractivity contribution in [3.8, 4) is 0 Å². The topological polar surface area (TPSA) is 74.8 Å². The molecule has 4 amide bonds. The average molecular weight is 400 g/mol. The van der Waals surface area contributed by atoms with Gasteiger partial charge in [0.2, 0.25) is 23.6 Å². The standard InChI is InChI=1S/C24H20N2O4/c27-21-17-11-4-5-12(8-11)18(17)22(28)25(21)15-2-1-3-16(10-15)26-23(29)19-13-6-7-14(9-13)20(19)24(26)30/h1-7,10-14,17-20H,8-9H2/t11-,12-,13-,14+,17-,18-,19-,20+/m0/s1. The molecule has 0 N–H and O–H groups in total. The molecule has 1 aromatic rings. The van der Waals surface area contributed by atoms with Gasteiger partial charge in [0.15, 0.2) is 0 Å². The fourth-order valence-corrected chi connectivity index (χ4v) is 7.08. The van der Waals surface area contributed by atoms with Crippen LogP contribution in [-0.2, 0) is 19.2 Å². The summed E-state index contributed by atoms with van der Waals surface area (Å²) in [6.45, 7) is 0. The number of benzene rings is 1. The molecule has 4 bridgehead atoms. The van der Waals surface area contributed by atoms with Crippen LogP contribution in [0.5, 0.6) is 0 Å². The van der Waals surface area contributed by atoms with Crippen LogP contribution in [0.2, 0.25) is 0 Å². The van der Waals surface area contributed by atoms with Crippen LogP contribution in [0, 0.1) is 47.3 Å². The van der Waals surface area contributed by atoms with E-state index in [1.54, 1.807) is 24.3 Å². The van der Waals surface area contributed by atoms with Crippen molar-refractivity contribution in [2.24, 2.45) is 47.3 Å². The Morgan fingerprint density at radius 1 is 0.567 bits per heavy atom. The van der Waals surface area contributed by atoms with Crippen molar-refractivity contribution in [2.45, 2.75) is 12.8 Å². The number of nitrogens with zero attached hydrogens (tertiary/aromatic N) is 2. The Hall–Kier alpha value is -3.02. The lowest BCUT2D eigenvalue weighted by molar-refractivity contribution is -0.124. The molecule has 2 saturated heterocycles.